The molecule has 2 aromatic rings. The third-order valence-electron chi connectivity index (χ3n) is 4.37. The Hall–Kier alpha value is -1.52. The molecule has 112 valence electrons. The second-order valence-corrected chi connectivity index (χ2v) is 6.17. The van der Waals surface area contributed by atoms with Crippen molar-refractivity contribution in [2.24, 2.45) is 0 Å². The van der Waals surface area contributed by atoms with E-state index in [0.29, 0.717) is 18.1 Å². The van der Waals surface area contributed by atoms with E-state index < -0.39 is 11.6 Å². The van der Waals surface area contributed by atoms with E-state index in [0.717, 1.165) is 22.2 Å². The van der Waals surface area contributed by atoms with Crippen LogP contribution in [-0.2, 0) is 15.1 Å². The van der Waals surface area contributed by atoms with Crippen molar-refractivity contribution in [1.29, 1.82) is 0 Å². The van der Waals surface area contributed by atoms with Gasteiger partial charge in [0.2, 0.25) is 0 Å². The van der Waals surface area contributed by atoms with Gasteiger partial charge in [0.15, 0.2) is 0 Å². The second-order valence-electron chi connectivity index (χ2n) is 5.73. The Kier molecular flexibility index (Phi) is 3.46. The molecule has 2 atom stereocenters. The predicted molar refractivity (Wildman–Crippen MR) is 81.9 cm³/mol. The molecule has 0 saturated heterocycles. The van der Waals surface area contributed by atoms with Gasteiger partial charge in [-0.1, -0.05) is 31.5 Å². The monoisotopic (exact) mass is 307 g/mol. The number of carboxylic acid groups (broad SMARTS) is 1. The van der Waals surface area contributed by atoms with E-state index in [1.807, 2.05) is 25.1 Å². The van der Waals surface area contributed by atoms with Crippen molar-refractivity contribution in [1.82, 2.24) is 4.98 Å². The van der Waals surface area contributed by atoms with Crippen molar-refractivity contribution < 1.29 is 14.6 Å². The van der Waals surface area contributed by atoms with Crippen LogP contribution in [0.3, 0.4) is 0 Å². The van der Waals surface area contributed by atoms with E-state index in [9.17, 15) is 9.90 Å². The highest BCUT2D eigenvalue weighted by Crippen LogP contribution is 2.45. The summed E-state index contributed by atoms with van der Waals surface area (Å²) in [5.41, 5.74) is 2.21. The summed E-state index contributed by atoms with van der Waals surface area (Å²) in [6.45, 7) is 4.59. The van der Waals surface area contributed by atoms with Gasteiger partial charge in [-0.15, -0.1) is 0 Å². The number of rotatable bonds is 3. The van der Waals surface area contributed by atoms with Crippen LogP contribution in [0.4, 0.5) is 0 Å². The molecular weight excluding hydrogens is 290 g/mol. The van der Waals surface area contributed by atoms with E-state index in [4.69, 9.17) is 16.3 Å². The molecule has 5 heteroatoms. The molecule has 2 unspecified atom stereocenters. The van der Waals surface area contributed by atoms with Gasteiger partial charge in [0, 0.05) is 21.8 Å². The highest BCUT2D eigenvalue weighted by Gasteiger charge is 2.42. The van der Waals surface area contributed by atoms with Gasteiger partial charge < -0.3 is 14.8 Å². The van der Waals surface area contributed by atoms with E-state index >= 15 is 0 Å². The Morgan fingerprint density at radius 2 is 2.33 bits per heavy atom. The van der Waals surface area contributed by atoms with Crippen LogP contribution in [0.15, 0.2) is 18.2 Å². The summed E-state index contributed by atoms with van der Waals surface area (Å²) in [6.07, 6.45) is 0.573. The van der Waals surface area contributed by atoms with Crippen LogP contribution in [0.1, 0.15) is 43.9 Å². The molecule has 0 fully saturated rings. The first-order valence-corrected chi connectivity index (χ1v) is 7.52. The lowest BCUT2D eigenvalue weighted by Crippen LogP contribution is -2.38. The fourth-order valence-electron chi connectivity index (χ4n) is 3.29. The zero-order valence-corrected chi connectivity index (χ0v) is 12.8. The van der Waals surface area contributed by atoms with E-state index in [-0.39, 0.29) is 12.3 Å². The lowest BCUT2D eigenvalue weighted by molar-refractivity contribution is -0.149. The lowest BCUT2D eigenvalue weighted by Gasteiger charge is -2.38. The van der Waals surface area contributed by atoms with E-state index in [2.05, 4.69) is 11.9 Å². The minimum absolute atomic E-state index is 0.0379. The number of fused-ring (bicyclic) bond motifs is 3. The van der Waals surface area contributed by atoms with Crippen LogP contribution in [0.5, 0.6) is 0 Å². The van der Waals surface area contributed by atoms with Gasteiger partial charge in [-0.3, -0.25) is 4.79 Å². The molecule has 0 aliphatic carbocycles. The number of benzene rings is 1. The SMILES string of the molecule is CCC1(CC(=O)O)OCC(C)c2c1[nH]c1cc(Cl)ccc21. The van der Waals surface area contributed by atoms with Crippen LogP contribution < -0.4 is 0 Å². The Labute approximate surface area is 128 Å². The number of carboxylic acids is 1. The topological polar surface area (TPSA) is 62.3 Å². The number of aromatic nitrogens is 1. The maximum atomic E-state index is 11.3. The molecule has 1 aliphatic rings. The lowest BCUT2D eigenvalue weighted by atomic mass is 9.83. The molecule has 0 amide bonds. The molecule has 0 spiro atoms. The number of carbonyl (C=O) groups is 1. The van der Waals surface area contributed by atoms with Crippen molar-refractivity contribution in [2.45, 2.75) is 38.2 Å². The van der Waals surface area contributed by atoms with Gasteiger partial charge >= 0.3 is 5.97 Å². The van der Waals surface area contributed by atoms with Crippen LogP contribution >= 0.6 is 11.6 Å². The number of hydrogen-bond acceptors (Lipinski definition) is 2. The van der Waals surface area contributed by atoms with Crippen molar-refractivity contribution in [3.8, 4) is 0 Å². The zero-order valence-electron chi connectivity index (χ0n) is 12.1. The smallest absolute Gasteiger partial charge is 0.306 e. The number of H-pyrrole nitrogens is 1. The van der Waals surface area contributed by atoms with Gasteiger partial charge in [0.05, 0.1) is 18.7 Å². The third-order valence-corrected chi connectivity index (χ3v) is 4.60. The number of ether oxygens (including phenoxy) is 1. The summed E-state index contributed by atoms with van der Waals surface area (Å²) in [7, 11) is 0. The molecule has 1 aliphatic heterocycles. The Morgan fingerprint density at radius 1 is 1.57 bits per heavy atom. The summed E-state index contributed by atoms with van der Waals surface area (Å²) in [5.74, 6) is -0.627. The Morgan fingerprint density at radius 3 is 3.00 bits per heavy atom. The summed E-state index contributed by atoms with van der Waals surface area (Å²) in [5, 5.41) is 11.0. The van der Waals surface area contributed by atoms with Crippen LogP contribution in [-0.4, -0.2) is 22.7 Å². The maximum absolute atomic E-state index is 11.3. The van der Waals surface area contributed by atoms with Crippen molar-refractivity contribution in [3.63, 3.8) is 0 Å². The van der Waals surface area contributed by atoms with Gasteiger partial charge in [-0.05, 0) is 24.1 Å². The Balaban J connectivity index is 2.26. The van der Waals surface area contributed by atoms with Crippen LogP contribution in [0.25, 0.3) is 10.9 Å². The molecule has 3 rings (SSSR count). The van der Waals surface area contributed by atoms with E-state index in [1.54, 1.807) is 0 Å². The fraction of sp³-hybridized carbons (Fsp3) is 0.438. The third kappa shape index (κ3) is 2.23. The number of halogens is 1. The normalized spacial score (nSPS) is 25.0. The summed E-state index contributed by atoms with van der Waals surface area (Å²) in [4.78, 5) is 14.6. The molecule has 21 heavy (non-hydrogen) atoms. The Bertz CT molecular complexity index is 709. The van der Waals surface area contributed by atoms with Gasteiger partial charge in [0.1, 0.15) is 5.60 Å². The van der Waals surface area contributed by atoms with Crippen LogP contribution in [0, 0.1) is 0 Å². The minimum Gasteiger partial charge on any atom is -0.481 e. The highest BCUT2D eigenvalue weighted by atomic mass is 35.5. The van der Waals surface area contributed by atoms with Crippen molar-refractivity contribution in [3.05, 3.63) is 34.5 Å². The average molecular weight is 308 g/mol. The first-order chi connectivity index (χ1) is 9.97. The predicted octanol–water partition coefficient (Wildman–Crippen LogP) is 4.04. The fourth-order valence-corrected chi connectivity index (χ4v) is 3.46. The van der Waals surface area contributed by atoms with Crippen molar-refractivity contribution >= 4 is 28.5 Å². The molecule has 0 saturated carbocycles. The molecule has 0 bridgehead atoms. The highest BCUT2D eigenvalue weighted by molar-refractivity contribution is 6.31. The summed E-state index contributed by atoms with van der Waals surface area (Å²) in [6, 6.07) is 5.74. The van der Waals surface area contributed by atoms with E-state index in [1.165, 1.54) is 0 Å². The van der Waals surface area contributed by atoms with Gasteiger partial charge in [-0.25, -0.2) is 0 Å². The zero-order chi connectivity index (χ0) is 15.2. The van der Waals surface area contributed by atoms with Crippen LogP contribution in [0.2, 0.25) is 5.02 Å². The molecule has 1 aromatic heterocycles. The standard InChI is InChI=1S/C16H18ClNO3/c1-3-16(7-13(19)20)15-14(9(2)8-21-16)11-5-4-10(17)6-12(11)18-15/h4-6,9,18H,3,7-8H2,1-2H3,(H,19,20). The molecular formula is C16H18ClNO3. The first-order valence-electron chi connectivity index (χ1n) is 7.14. The van der Waals surface area contributed by atoms with Gasteiger partial charge in [0.25, 0.3) is 0 Å². The largest absolute Gasteiger partial charge is 0.481 e. The number of aromatic amines is 1. The number of hydrogen-bond donors (Lipinski definition) is 2. The average Bonchev–Trinajstić information content (AvgIpc) is 2.81. The quantitative estimate of drug-likeness (QED) is 0.899. The molecule has 0 radical (unpaired) electrons. The summed E-state index contributed by atoms with van der Waals surface area (Å²) >= 11 is 6.06. The second kappa shape index (κ2) is 5.04. The maximum Gasteiger partial charge on any atom is 0.306 e. The number of aliphatic carboxylic acids is 1. The molecule has 1 aromatic carbocycles. The molecule has 4 nitrogen and oxygen atoms in total. The summed E-state index contributed by atoms with van der Waals surface area (Å²) < 4.78 is 5.98. The minimum atomic E-state index is -0.853. The van der Waals surface area contributed by atoms with Crippen molar-refractivity contribution in [2.75, 3.05) is 6.61 Å². The first kappa shape index (κ1) is 14.4. The van der Waals surface area contributed by atoms with Gasteiger partial charge in [-0.2, -0.15) is 0 Å². The molecule has 2 heterocycles. The number of nitrogens with one attached hydrogen (secondary N) is 1. The molecule has 2 N–H and O–H groups in total.